The molecule has 47 heavy (non-hydrogen) atoms. The van der Waals surface area contributed by atoms with Crippen LogP contribution in [0.1, 0.15) is 73.0 Å². The van der Waals surface area contributed by atoms with Gasteiger partial charge in [-0.2, -0.15) is 13.2 Å². The fourth-order valence-electron chi connectivity index (χ4n) is 6.26. The van der Waals surface area contributed by atoms with Crippen LogP contribution >= 0.6 is 0 Å². The highest BCUT2D eigenvalue weighted by molar-refractivity contribution is 6.00. The molecule has 1 fully saturated rings. The molecule has 1 heterocycles. The summed E-state index contributed by atoms with van der Waals surface area (Å²) in [6.07, 6.45) is -3.42. The van der Waals surface area contributed by atoms with Crippen LogP contribution in [0.2, 0.25) is 0 Å². The topological polar surface area (TPSA) is 81.7 Å². The summed E-state index contributed by atoms with van der Waals surface area (Å²) in [7, 11) is 0. The first-order chi connectivity index (χ1) is 22.5. The van der Waals surface area contributed by atoms with E-state index in [1.165, 1.54) is 11.6 Å². The monoisotopic (exact) mass is 643 g/mol. The van der Waals surface area contributed by atoms with Crippen molar-refractivity contribution in [3.63, 3.8) is 0 Å². The van der Waals surface area contributed by atoms with E-state index in [-0.39, 0.29) is 25.0 Å². The van der Waals surface area contributed by atoms with E-state index in [2.05, 4.69) is 35.8 Å². The number of amides is 2. The number of rotatable bonds is 11. The maximum atomic E-state index is 13.8. The van der Waals surface area contributed by atoms with Gasteiger partial charge in [0.1, 0.15) is 0 Å². The second kappa shape index (κ2) is 15.0. The van der Waals surface area contributed by atoms with Crippen molar-refractivity contribution in [3.05, 3.63) is 142 Å². The summed E-state index contributed by atoms with van der Waals surface area (Å²) in [5, 5.41) is 17.1. The van der Waals surface area contributed by atoms with Crippen LogP contribution in [0.3, 0.4) is 0 Å². The zero-order chi connectivity index (χ0) is 33.6. The van der Waals surface area contributed by atoms with Crippen LogP contribution in [0.5, 0.6) is 0 Å². The van der Waals surface area contributed by atoms with Gasteiger partial charge in [0.15, 0.2) is 0 Å². The SMILES string of the molecule is Cc1ccc(C2CCCN2C(=O)c2cccc(C(=O)N[C@@H](Cc3ccccc3)[C@@H](O)CNCc3cccc(C(F)(F)F)c3)c2)c(C)c1. The number of likely N-dealkylation sites (tertiary alicyclic amines) is 1. The number of aliphatic hydroxyl groups is 1. The lowest BCUT2D eigenvalue weighted by atomic mass is 9.97. The minimum atomic E-state index is -4.45. The molecule has 4 aromatic rings. The van der Waals surface area contributed by atoms with Crippen molar-refractivity contribution in [2.75, 3.05) is 13.1 Å². The van der Waals surface area contributed by atoms with Gasteiger partial charge >= 0.3 is 6.18 Å². The van der Waals surface area contributed by atoms with Crippen molar-refractivity contribution in [1.82, 2.24) is 15.5 Å². The first kappa shape index (κ1) is 33.9. The van der Waals surface area contributed by atoms with Crippen LogP contribution < -0.4 is 10.6 Å². The zero-order valence-electron chi connectivity index (χ0n) is 26.6. The molecule has 0 bridgehead atoms. The Balaban J connectivity index is 1.28. The van der Waals surface area contributed by atoms with Crippen LogP contribution in [0, 0.1) is 13.8 Å². The molecule has 9 heteroatoms. The Hall–Kier alpha value is -4.47. The lowest BCUT2D eigenvalue weighted by Crippen LogP contribution is -2.48. The molecular formula is C38H40F3N3O3. The number of benzene rings is 4. The molecule has 1 aliphatic heterocycles. The molecule has 1 saturated heterocycles. The molecule has 6 nitrogen and oxygen atoms in total. The molecular weight excluding hydrogens is 603 g/mol. The molecule has 1 unspecified atom stereocenters. The normalized spacial score (nSPS) is 16.1. The Morgan fingerprint density at radius 1 is 0.894 bits per heavy atom. The van der Waals surface area contributed by atoms with Gasteiger partial charge in [-0.3, -0.25) is 9.59 Å². The van der Waals surface area contributed by atoms with E-state index in [1.54, 1.807) is 30.3 Å². The number of nitrogens with zero attached hydrogens (tertiary/aromatic N) is 1. The average Bonchev–Trinajstić information content (AvgIpc) is 3.54. The highest BCUT2D eigenvalue weighted by Crippen LogP contribution is 2.35. The molecule has 3 N–H and O–H groups in total. The first-order valence-corrected chi connectivity index (χ1v) is 15.9. The summed E-state index contributed by atoms with van der Waals surface area (Å²) in [6, 6.07) is 26.6. The number of halogens is 3. The van der Waals surface area contributed by atoms with Crippen LogP contribution in [0.15, 0.2) is 97.1 Å². The maximum absolute atomic E-state index is 13.8. The average molecular weight is 644 g/mol. The van der Waals surface area contributed by atoms with Gasteiger partial charge in [0.2, 0.25) is 0 Å². The van der Waals surface area contributed by atoms with E-state index in [4.69, 9.17) is 0 Å². The summed E-state index contributed by atoms with van der Waals surface area (Å²) in [6.45, 7) is 4.88. The predicted molar refractivity (Wildman–Crippen MR) is 176 cm³/mol. The predicted octanol–water partition coefficient (Wildman–Crippen LogP) is 6.79. The van der Waals surface area contributed by atoms with Gasteiger partial charge in [-0.1, -0.05) is 78.4 Å². The Morgan fingerprint density at radius 3 is 2.36 bits per heavy atom. The van der Waals surface area contributed by atoms with Gasteiger partial charge in [-0.25, -0.2) is 0 Å². The Labute approximate surface area is 273 Å². The van der Waals surface area contributed by atoms with Gasteiger partial charge in [0.05, 0.1) is 23.8 Å². The first-order valence-electron chi connectivity index (χ1n) is 15.9. The van der Waals surface area contributed by atoms with Gasteiger partial charge in [0.25, 0.3) is 11.8 Å². The minimum Gasteiger partial charge on any atom is -0.390 e. The summed E-state index contributed by atoms with van der Waals surface area (Å²) < 4.78 is 39.4. The summed E-state index contributed by atoms with van der Waals surface area (Å²) in [5.74, 6) is -0.577. The lowest BCUT2D eigenvalue weighted by Gasteiger charge is -2.27. The largest absolute Gasteiger partial charge is 0.416 e. The van der Waals surface area contributed by atoms with Crippen molar-refractivity contribution in [2.24, 2.45) is 0 Å². The maximum Gasteiger partial charge on any atom is 0.416 e. The number of hydrogen-bond acceptors (Lipinski definition) is 4. The highest BCUT2D eigenvalue weighted by Gasteiger charge is 2.32. The quantitative estimate of drug-likeness (QED) is 0.168. The molecule has 0 spiro atoms. The number of carbonyl (C=O) groups is 2. The molecule has 0 saturated carbocycles. The van der Waals surface area contributed by atoms with E-state index in [9.17, 15) is 27.9 Å². The molecule has 246 valence electrons. The summed E-state index contributed by atoms with van der Waals surface area (Å²) >= 11 is 0. The van der Waals surface area contributed by atoms with Crippen molar-refractivity contribution >= 4 is 11.8 Å². The van der Waals surface area contributed by atoms with Gasteiger partial charge in [-0.05, 0) is 79.6 Å². The van der Waals surface area contributed by atoms with Crippen LogP contribution in [-0.2, 0) is 19.1 Å². The third-order valence-electron chi connectivity index (χ3n) is 8.69. The van der Waals surface area contributed by atoms with E-state index in [0.29, 0.717) is 29.7 Å². The number of carbonyl (C=O) groups excluding carboxylic acids is 2. The highest BCUT2D eigenvalue weighted by atomic mass is 19.4. The smallest absolute Gasteiger partial charge is 0.390 e. The minimum absolute atomic E-state index is 0.0291. The fraction of sp³-hybridized carbons (Fsp3) is 0.316. The van der Waals surface area contributed by atoms with Gasteiger partial charge in [0, 0.05) is 30.8 Å². The van der Waals surface area contributed by atoms with Crippen LogP contribution in [0.25, 0.3) is 0 Å². The number of aliphatic hydroxyl groups excluding tert-OH is 1. The second-order valence-corrected chi connectivity index (χ2v) is 12.3. The lowest BCUT2D eigenvalue weighted by molar-refractivity contribution is -0.137. The van der Waals surface area contributed by atoms with Gasteiger partial charge < -0.3 is 20.6 Å². The van der Waals surface area contributed by atoms with E-state index in [1.807, 2.05) is 42.2 Å². The Bertz CT molecular complexity index is 1690. The molecule has 2 amide bonds. The van der Waals surface area contributed by atoms with Gasteiger partial charge in [-0.15, -0.1) is 0 Å². The molecule has 4 aromatic carbocycles. The third kappa shape index (κ3) is 8.67. The van der Waals surface area contributed by atoms with Crippen LogP contribution in [0.4, 0.5) is 13.2 Å². The van der Waals surface area contributed by atoms with Crippen molar-refractivity contribution in [2.45, 2.75) is 64.0 Å². The van der Waals surface area contributed by atoms with Crippen molar-refractivity contribution in [3.8, 4) is 0 Å². The Kier molecular flexibility index (Phi) is 10.8. The van der Waals surface area contributed by atoms with E-state index in [0.717, 1.165) is 41.7 Å². The Morgan fingerprint density at radius 2 is 1.62 bits per heavy atom. The zero-order valence-corrected chi connectivity index (χ0v) is 26.6. The fourth-order valence-corrected chi connectivity index (χ4v) is 6.26. The van der Waals surface area contributed by atoms with Crippen molar-refractivity contribution in [1.29, 1.82) is 0 Å². The number of hydrogen-bond donors (Lipinski definition) is 3. The number of nitrogens with one attached hydrogen (secondary N) is 2. The second-order valence-electron chi connectivity index (χ2n) is 12.3. The molecule has 5 rings (SSSR count). The number of aryl methyl sites for hydroxylation is 2. The van der Waals surface area contributed by atoms with E-state index >= 15 is 0 Å². The molecule has 0 radical (unpaired) electrons. The summed E-state index contributed by atoms with van der Waals surface area (Å²) in [5.41, 5.74) is 4.74. The van der Waals surface area contributed by atoms with Crippen molar-refractivity contribution < 1.29 is 27.9 Å². The van der Waals surface area contributed by atoms with E-state index < -0.39 is 29.8 Å². The third-order valence-corrected chi connectivity index (χ3v) is 8.69. The van der Waals surface area contributed by atoms with Crippen LogP contribution in [-0.4, -0.2) is 47.1 Å². The summed E-state index contributed by atoms with van der Waals surface area (Å²) in [4.78, 5) is 29.2. The standard InChI is InChI=1S/C38H40F3N3O3/c1-25-16-17-32(26(2)19-25)34-15-8-18-44(34)37(47)30-13-7-12-29(22-30)36(46)43-33(21-27-9-4-3-5-10-27)35(45)24-42-23-28-11-6-14-31(20-28)38(39,40)41/h3-7,9-14,16-17,19-20,22,33-35,42,45H,8,15,18,21,23-24H2,1-2H3,(H,43,46)/t33-,34?,35-/m0/s1. The molecule has 0 aliphatic carbocycles. The molecule has 0 aromatic heterocycles. The molecule has 3 atom stereocenters. The molecule has 1 aliphatic rings. The number of alkyl halides is 3.